The first-order valence-electron chi connectivity index (χ1n) is 8.40. The molecular formula is C18H34O3. The van der Waals surface area contributed by atoms with Crippen molar-refractivity contribution in [3.8, 4) is 0 Å². The van der Waals surface area contributed by atoms with Gasteiger partial charge in [0, 0.05) is 0 Å². The molecule has 0 aliphatic carbocycles. The van der Waals surface area contributed by atoms with Crippen LogP contribution in [0.25, 0.3) is 0 Å². The predicted molar refractivity (Wildman–Crippen MR) is 88.2 cm³/mol. The van der Waals surface area contributed by atoms with Crippen molar-refractivity contribution >= 4 is 6.16 Å². The van der Waals surface area contributed by atoms with Crippen LogP contribution < -0.4 is 0 Å². The third-order valence-corrected chi connectivity index (χ3v) is 3.70. The minimum atomic E-state index is -0.649. The summed E-state index contributed by atoms with van der Waals surface area (Å²) >= 11 is 0. The van der Waals surface area contributed by atoms with Crippen LogP contribution in [0.5, 0.6) is 0 Å². The Labute approximate surface area is 131 Å². The monoisotopic (exact) mass is 298 g/mol. The number of hydrogen-bond acceptors (Lipinski definition) is 3. The van der Waals surface area contributed by atoms with Gasteiger partial charge in [0.05, 0.1) is 6.26 Å². The second-order valence-electron chi connectivity index (χ2n) is 6.77. The highest BCUT2D eigenvalue weighted by molar-refractivity contribution is 5.60. The smallest absolute Gasteiger partial charge is 0.430 e. The number of carbonyl (C=O) groups is 1. The van der Waals surface area contributed by atoms with E-state index in [1.165, 1.54) is 44.9 Å². The fraction of sp³-hybridized carbons (Fsp3) is 0.833. The molecule has 1 atom stereocenters. The molecule has 3 heteroatoms. The van der Waals surface area contributed by atoms with Crippen molar-refractivity contribution in [1.82, 2.24) is 0 Å². The quantitative estimate of drug-likeness (QED) is 0.258. The van der Waals surface area contributed by atoms with Crippen LogP contribution in [0.4, 0.5) is 4.79 Å². The zero-order valence-corrected chi connectivity index (χ0v) is 14.5. The standard InChI is InChI=1S/C18H34O3/c1-6-8-9-10-11-12-13-14-15-16(18(3,4)5)21-17(19)20-7-2/h7,16H,2,6,8-15H2,1,3-5H3. The fourth-order valence-electron chi connectivity index (χ4n) is 2.34. The van der Waals surface area contributed by atoms with E-state index in [-0.39, 0.29) is 11.5 Å². The van der Waals surface area contributed by atoms with Crippen LogP contribution >= 0.6 is 0 Å². The predicted octanol–water partition coefficient (Wildman–Crippen LogP) is 6.23. The van der Waals surface area contributed by atoms with E-state index in [2.05, 4.69) is 39.0 Å². The van der Waals surface area contributed by atoms with Crippen LogP contribution in [0, 0.1) is 5.41 Å². The summed E-state index contributed by atoms with van der Waals surface area (Å²) in [5.41, 5.74) is -0.0681. The Morgan fingerprint density at radius 3 is 2.05 bits per heavy atom. The summed E-state index contributed by atoms with van der Waals surface area (Å²) in [5.74, 6) is 0. The van der Waals surface area contributed by atoms with E-state index in [4.69, 9.17) is 4.74 Å². The van der Waals surface area contributed by atoms with Crippen LogP contribution in [0.2, 0.25) is 0 Å². The Hall–Kier alpha value is -0.990. The van der Waals surface area contributed by atoms with Crippen molar-refractivity contribution in [2.45, 2.75) is 91.6 Å². The summed E-state index contributed by atoms with van der Waals surface area (Å²) in [6.07, 6.45) is 11.5. The average molecular weight is 298 g/mol. The van der Waals surface area contributed by atoms with Crippen molar-refractivity contribution in [1.29, 1.82) is 0 Å². The molecule has 0 aromatic carbocycles. The van der Waals surface area contributed by atoms with E-state index in [0.717, 1.165) is 19.1 Å². The van der Waals surface area contributed by atoms with Gasteiger partial charge < -0.3 is 9.47 Å². The Balaban J connectivity index is 3.87. The Kier molecular flexibility index (Phi) is 11.1. The van der Waals surface area contributed by atoms with E-state index in [1.807, 2.05) is 0 Å². The van der Waals surface area contributed by atoms with E-state index in [9.17, 15) is 4.79 Å². The summed E-state index contributed by atoms with van der Waals surface area (Å²) in [6, 6.07) is 0. The van der Waals surface area contributed by atoms with Gasteiger partial charge in [0.2, 0.25) is 0 Å². The van der Waals surface area contributed by atoms with Gasteiger partial charge in [0.25, 0.3) is 0 Å². The van der Waals surface area contributed by atoms with Crippen LogP contribution in [-0.4, -0.2) is 12.3 Å². The molecule has 0 spiro atoms. The van der Waals surface area contributed by atoms with Crippen LogP contribution in [0.1, 0.15) is 85.5 Å². The fourth-order valence-corrected chi connectivity index (χ4v) is 2.34. The average Bonchev–Trinajstić information content (AvgIpc) is 2.39. The van der Waals surface area contributed by atoms with Crippen molar-refractivity contribution in [2.24, 2.45) is 5.41 Å². The van der Waals surface area contributed by atoms with Crippen LogP contribution in [-0.2, 0) is 9.47 Å². The van der Waals surface area contributed by atoms with Gasteiger partial charge in [-0.15, -0.1) is 0 Å². The summed E-state index contributed by atoms with van der Waals surface area (Å²) in [6.45, 7) is 11.9. The second-order valence-corrected chi connectivity index (χ2v) is 6.77. The molecule has 21 heavy (non-hydrogen) atoms. The molecule has 0 saturated carbocycles. The SMILES string of the molecule is C=COC(=O)OC(CCCCCCCCCC)C(C)(C)C. The normalized spacial score (nSPS) is 12.8. The van der Waals surface area contributed by atoms with Gasteiger partial charge in [-0.25, -0.2) is 4.79 Å². The Bertz CT molecular complexity index is 279. The Morgan fingerprint density at radius 2 is 1.57 bits per heavy atom. The highest BCUT2D eigenvalue weighted by Gasteiger charge is 2.28. The van der Waals surface area contributed by atoms with E-state index < -0.39 is 6.16 Å². The first kappa shape index (κ1) is 20.0. The van der Waals surface area contributed by atoms with Gasteiger partial charge in [-0.2, -0.15) is 0 Å². The molecule has 124 valence electrons. The molecule has 0 aromatic rings. The number of hydrogen-bond donors (Lipinski definition) is 0. The minimum Gasteiger partial charge on any atom is -0.430 e. The second kappa shape index (κ2) is 11.6. The van der Waals surface area contributed by atoms with Crippen molar-refractivity contribution in [3.63, 3.8) is 0 Å². The number of unbranched alkanes of at least 4 members (excludes halogenated alkanes) is 7. The molecule has 0 rings (SSSR count). The lowest BCUT2D eigenvalue weighted by Crippen LogP contribution is -2.31. The van der Waals surface area contributed by atoms with Crippen molar-refractivity contribution in [3.05, 3.63) is 12.8 Å². The van der Waals surface area contributed by atoms with E-state index in [0.29, 0.717) is 0 Å². The zero-order valence-electron chi connectivity index (χ0n) is 14.5. The van der Waals surface area contributed by atoms with Gasteiger partial charge in [-0.05, 0) is 18.3 Å². The van der Waals surface area contributed by atoms with E-state index in [1.54, 1.807) is 0 Å². The highest BCUT2D eigenvalue weighted by Crippen LogP contribution is 2.27. The van der Waals surface area contributed by atoms with Gasteiger partial charge in [-0.1, -0.05) is 79.2 Å². The summed E-state index contributed by atoms with van der Waals surface area (Å²) < 4.78 is 10.0. The van der Waals surface area contributed by atoms with Crippen LogP contribution in [0.15, 0.2) is 12.8 Å². The zero-order chi connectivity index (χ0) is 16.1. The van der Waals surface area contributed by atoms with Gasteiger partial charge in [0.1, 0.15) is 6.10 Å². The first-order chi connectivity index (χ1) is 9.91. The molecule has 0 aliphatic heterocycles. The summed E-state index contributed by atoms with van der Waals surface area (Å²) in [5, 5.41) is 0. The lowest BCUT2D eigenvalue weighted by atomic mass is 9.86. The number of ether oxygens (including phenoxy) is 2. The molecule has 0 heterocycles. The molecule has 0 fully saturated rings. The lowest BCUT2D eigenvalue weighted by molar-refractivity contribution is -0.00718. The Morgan fingerprint density at radius 1 is 1.05 bits per heavy atom. The number of carbonyl (C=O) groups excluding carboxylic acids is 1. The van der Waals surface area contributed by atoms with E-state index >= 15 is 0 Å². The molecule has 0 aliphatic rings. The van der Waals surface area contributed by atoms with Crippen molar-refractivity contribution in [2.75, 3.05) is 0 Å². The summed E-state index contributed by atoms with van der Waals surface area (Å²) in [7, 11) is 0. The minimum absolute atomic E-state index is 0.0681. The molecule has 0 aromatic heterocycles. The third-order valence-electron chi connectivity index (χ3n) is 3.70. The molecule has 0 radical (unpaired) electrons. The third kappa shape index (κ3) is 11.4. The topological polar surface area (TPSA) is 35.5 Å². The molecule has 0 saturated heterocycles. The highest BCUT2D eigenvalue weighted by atomic mass is 16.7. The molecule has 0 amide bonds. The molecular weight excluding hydrogens is 264 g/mol. The lowest BCUT2D eigenvalue weighted by Gasteiger charge is -2.29. The molecule has 1 unspecified atom stereocenters. The van der Waals surface area contributed by atoms with Gasteiger partial charge >= 0.3 is 6.16 Å². The van der Waals surface area contributed by atoms with Gasteiger partial charge in [-0.3, -0.25) is 0 Å². The maximum Gasteiger partial charge on any atom is 0.513 e. The first-order valence-corrected chi connectivity index (χ1v) is 8.40. The molecule has 0 bridgehead atoms. The molecule has 0 N–H and O–H groups in total. The molecule has 3 nitrogen and oxygen atoms in total. The van der Waals surface area contributed by atoms with Gasteiger partial charge in [0.15, 0.2) is 0 Å². The number of rotatable bonds is 11. The largest absolute Gasteiger partial charge is 0.513 e. The maximum atomic E-state index is 11.4. The van der Waals surface area contributed by atoms with Crippen molar-refractivity contribution < 1.29 is 14.3 Å². The summed E-state index contributed by atoms with van der Waals surface area (Å²) in [4.78, 5) is 11.4. The maximum absolute atomic E-state index is 11.4. The van der Waals surface area contributed by atoms with Crippen LogP contribution in [0.3, 0.4) is 0 Å².